The van der Waals surface area contributed by atoms with E-state index in [0.717, 1.165) is 32.1 Å². The van der Waals surface area contributed by atoms with Gasteiger partial charge in [-0.25, -0.2) is 4.79 Å². The van der Waals surface area contributed by atoms with Crippen LogP contribution < -0.4 is 5.32 Å². The van der Waals surface area contributed by atoms with Crippen molar-refractivity contribution in [3.63, 3.8) is 0 Å². The van der Waals surface area contributed by atoms with E-state index in [9.17, 15) is 19.8 Å². The van der Waals surface area contributed by atoms with Gasteiger partial charge in [0.1, 0.15) is 0 Å². The third-order valence-electron chi connectivity index (χ3n) is 5.06. The van der Waals surface area contributed by atoms with Crippen LogP contribution >= 0.6 is 0 Å². The smallest absolute Gasteiger partial charge is 0.317 e. The SMILES string of the molecule is CCC1(C(=O)O)CCN(C(=O)NC2CCCCCC2O)C1. The van der Waals surface area contributed by atoms with Crippen molar-refractivity contribution >= 4 is 12.0 Å². The molecule has 0 radical (unpaired) electrons. The Morgan fingerprint density at radius 1 is 1.29 bits per heavy atom. The van der Waals surface area contributed by atoms with E-state index >= 15 is 0 Å². The van der Waals surface area contributed by atoms with E-state index in [0.29, 0.717) is 19.4 Å². The molecular weight excluding hydrogens is 272 g/mol. The average Bonchev–Trinajstić information content (AvgIpc) is 2.82. The second-order valence-electron chi connectivity index (χ2n) is 6.37. The Kier molecular flexibility index (Phi) is 5.08. The number of rotatable bonds is 3. The van der Waals surface area contributed by atoms with Gasteiger partial charge in [-0.2, -0.15) is 0 Å². The van der Waals surface area contributed by atoms with Crippen LogP contribution in [0.1, 0.15) is 51.9 Å². The number of likely N-dealkylation sites (tertiary alicyclic amines) is 1. The van der Waals surface area contributed by atoms with Crippen LogP contribution in [-0.4, -0.2) is 52.3 Å². The van der Waals surface area contributed by atoms with Crippen LogP contribution in [0.5, 0.6) is 0 Å². The molecule has 2 amide bonds. The first-order valence-corrected chi connectivity index (χ1v) is 7.95. The summed E-state index contributed by atoms with van der Waals surface area (Å²) < 4.78 is 0. The highest BCUT2D eigenvalue weighted by molar-refractivity contribution is 5.79. The molecule has 120 valence electrons. The number of nitrogens with zero attached hydrogens (tertiary/aromatic N) is 1. The number of hydrogen-bond acceptors (Lipinski definition) is 3. The highest BCUT2D eigenvalue weighted by Gasteiger charge is 2.45. The van der Waals surface area contributed by atoms with E-state index in [1.54, 1.807) is 4.90 Å². The van der Waals surface area contributed by atoms with Crippen LogP contribution in [0.2, 0.25) is 0 Å². The molecule has 1 heterocycles. The summed E-state index contributed by atoms with van der Waals surface area (Å²) in [6, 6.07) is -0.445. The number of nitrogens with one attached hydrogen (secondary N) is 1. The molecule has 3 atom stereocenters. The number of hydrogen-bond donors (Lipinski definition) is 3. The van der Waals surface area contributed by atoms with Crippen LogP contribution in [0.15, 0.2) is 0 Å². The minimum absolute atomic E-state index is 0.207. The third-order valence-corrected chi connectivity index (χ3v) is 5.06. The number of aliphatic hydroxyl groups excluding tert-OH is 1. The fourth-order valence-corrected chi connectivity index (χ4v) is 3.37. The highest BCUT2D eigenvalue weighted by Crippen LogP contribution is 2.34. The van der Waals surface area contributed by atoms with Crippen molar-refractivity contribution in [3.05, 3.63) is 0 Å². The van der Waals surface area contributed by atoms with Gasteiger partial charge in [-0.05, 0) is 25.7 Å². The first-order chi connectivity index (χ1) is 9.98. The number of carboxylic acids is 1. The van der Waals surface area contributed by atoms with Gasteiger partial charge in [0.15, 0.2) is 0 Å². The quantitative estimate of drug-likeness (QED) is 0.690. The Morgan fingerprint density at radius 2 is 2.00 bits per heavy atom. The van der Waals surface area contributed by atoms with Crippen molar-refractivity contribution in [2.24, 2.45) is 5.41 Å². The van der Waals surface area contributed by atoms with Crippen LogP contribution in [0.25, 0.3) is 0 Å². The van der Waals surface area contributed by atoms with Crippen LogP contribution in [-0.2, 0) is 4.79 Å². The summed E-state index contributed by atoms with van der Waals surface area (Å²) in [5.74, 6) is -0.824. The zero-order chi connectivity index (χ0) is 15.5. The molecule has 1 saturated heterocycles. The number of urea groups is 1. The zero-order valence-electron chi connectivity index (χ0n) is 12.7. The van der Waals surface area contributed by atoms with Gasteiger partial charge in [0, 0.05) is 13.1 Å². The van der Waals surface area contributed by atoms with Gasteiger partial charge in [0.05, 0.1) is 17.6 Å². The van der Waals surface area contributed by atoms with Crippen LogP contribution in [0.3, 0.4) is 0 Å². The highest BCUT2D eigenvalue weighted by atomic mass is 16.4. The molecule has 2 rings (SSSR count). The molecule has 0 aromatic heterocycles. The van der Waals surface area contributed by atoms with Crippen molar-refractivity contribution in [2.75, 3.05) is 13.1 Å². The van der Waals surface area contributed by atoms with E-state index in [4.69, 9.17) is 0 Å². The lowest BCUT2D eigenvalue weighted by atomic mass is 9.84. The number of amides is 2. The minimum atomic E-state index is -0.824. The Labute approximate surface area is 125 Å². The summed E-state index contributed by atoms with van der Waals surface area (Å²) in [6.07, 6.45) is 5.14. The van der Waals surface area contributed by atoms with Gasteiger partial charge in [0.25, 0.3) is 0 Å². The zero-order valence-corrected chi connectivity index (χ0v) is 12.7. The lowest BCUT2D eigenvalue weighted by Crippen LogP contribution is -2.49. The number of carboxylic acid groups (broad SMARTS) is 1. The predicted molar refractivity (Wildman–Crippen MR) is 78.0 cm³/mol. The molecular formula is C15H26N2O4. The Hall–Kier alpha value is -1.30. The van der Waals surface area contributed by atoms with E-state index in [-0.39, 0.29) is 18.6 Å². The molecule has 0 bridgehead atoms. The standard InChI is InChI=1S/C15H26N2O4/c1-2-15(13(19)20)8-9-17(10-15)14(21)16-11-6-4-3-5-7-12(11)18/h11-12,18H,2-10H2,1H3,(H,16,21)(H,19,20). The molecule has 2 aliphatic rings. The molecule has 0 aromatic rings. The number of aliphatic carboxylic acids is 1. The molecule has 1 aliphatic carbocycles. The number of carbonyl (C=O) groups is 2. The molecule has 1 saturated carbocycles. The summed E-state index contributed by atoms with van der Waals surface area (Å²) in [7, 11) is 0. The topological polar surface area (TPSA) is 89.9 Å². The van der Waals surface area contributed by atoms with Gasteiger partial charge in [-0.1, -0.05) is 26.2 Å². The molecule has 0 spiro atoms. The average molecular weight is 298 g/mol. The van der Waals surface area contributed by atoms with Crippen molar-refractivity contribution in [1.82, 2.24) is 10.2 Å². The molecule has 2 fully saturated rings. The fourth-order valence-electron chi connectivity index (χ4n) is 3.37. The maximum atomic E-state index is 12.3. The van der Waals surface area contributed by atoms with Crippen LogP contribution in [0, 0.1) is 5.41 Å². The van der Waals surface area contributed by atoms with Gasteiger partial charge in [0.2, 0.25) is 0 Å². The minimum Gasteiger partial charge on any atom is -0.481 e. The summed E-state index contributed by atoms with van der Waals surface area (Å²) >= 11 is 0. The van der Waals surface area contributed by atoms with E-state index in [1.165, 1.54) is 0 Å². The summed E-state index contributed by atoms with van der Waals surface area (Å²) in [4.78, 5) is 25.3. The number of carbonyl (C=O) groups excluding carboxylic acids is 1. The number of aliphatic hydroxyl groups is 1. The molecule has 0 aromatic carbocycles. The monoisotopic (exact) mass is 298 g/mol. The van der Waals surface area contributed by atoms with E-state index in [2.05, 4.69) is 5.32 Å². The molecule has 6 heteroatoms. The Balaban J connectivity index is 1.93. The van der Waals surface area contributed by atoms with E-state index < -0.39 is 17.5 Å². The van der Waals surface area contributed by atoms with Gasteiger partial charge >= 0.3 is 12.0 Å². The summed E-state index contributed by atoms with van der Waals surface area (Å²) in [6.45, 7) is 2.58. The largest absolute Gasteiger partial charge is 0.481 e. The van der Waals surface area contributed by atoms with Gasteiger partial charge < -0.3 is 20.4 Å². The Morgan fingerprint density at radius 3 is 2.62 bits per heavy atom. The molecule has 3 N–H and O–H groups in total. The Bertz CT molecular complexity index is 401. The fraction of sp³-hybridized carbons (Fsp3) is 0.867. The maximum Gasteiger partial charge on any atom is 0.317 e. The van der Waals surface area contributed by atoms with E-state index in [1.807, 2.05) is 6.92 Å². The maximum absolute atomic E-state index is 12.3. The van der Waals surface area contributed by atoms with Crippen molar-refractivity contribution < 1.29 is 19.8 Å². The molecule has 1 aliphatic heterocycles. The second kappa shape index (κ2) is 6.64. The normalized spacial score (nSPS) is 33.5. The second-order valence-corrected chi connectivity index (χ2v) is 6.37. The molecule has 21 heavy (non-hydrogen) atoms. The predicted octanol–water partition coefficient (Wildman–Crippen LogP) is 1.58. The first-order valence-electron chi connectivity index (χ1n) is 7.95. The van der Waals surface area contributed by atoms with Crippen molar-refractivity contribution in [1.29, 1.82) is 0 Å². The van der Waals surface area contributed by atoms with Gasteiger partial charge in [-0.15, -0.1) is 0 Å². The van der Waals surface area contributed by atoms with Crippen LogP contribution in [0.4, 0.5) is 4.79 Å². The van der Waals surface area contributed by atoms with Crippen molar-refractivity contribution in [2.45, 2.75) is 64.0 Å². The third kappa shape index (κ3) is 3.48. The van der Waals surface area contributed by atoms with Crippen molar-refractivity contribution in [3.8, 4) is 0 Å². The van der Waals surface area contributed by atoms with Gasteiger partial charge in [-0.3, -0.25) is 4.79 Å². The first kappa shape index (κ1) is 16.1. The summed E-state index contributed by atoms with van der Waals surface area (Å²) in [5, 5.41) is 22.3. The molecule has 6 nitrogen and oxygen atoms in total. The summed E-state index contributed by atoms with van der Waals surface area (Å²) in [5.41, 5.74) is -0.806. The molecule has 3 unspecified atom stereocenters. The lowest BCUT2D eigenvalue weighted by molar-refractivity contribution is -0.148. The lowest BCUT2D eigenvalue weighted by Gasteiger charge is -2.27.